The van der Waals surface area contributed by atoms with Crippen molar-refractivity contribution in [3.8, 4) is 28.8 Å². The van der Waals surface area contributed by atoms with Gasteiger partial charge in [-0.3, -0.25) is 14.4 Å². The highest BCUT2D eigenvalue weighted by Gasteiger charge is 2.35. The summed E-state index contributed by atoms with van der Waals surface area (Å²) in [5.74, 6) is 0.357. The molecule has 2 N–H and O–H groups in total. The molecule has 208 valence electrons. The van der Waals surface area contributed by atoms with Gasteiger partial charge in [0.1, 0.15) is 17.7 Å². The van der Waals surface area contributed by atoms with Gasteiger partial charge in [-0.15, -0.1) is 10.2 Å². The molecule has 0 amide bonds. The van der Waals surface area contributed by atoms with Crippen LogP contribution in [0.4, 0.5) is 5.95 Å². The van der Waals surface area contributed by atoms with E-state index < -0.39 is 21.4 Å². The fourth-order valence-corrected chi connectivity index (χ4v) is 5.32. The zero-order chi connectivity index (χ0) is 28.4. The molecule has 15 nitrogen and oxygen atoms in total. The minimum absolute atomic E-state index is 0.0857. The molecule has 2 atom stereocenters. The molecule has 0 fully saturated rings. The Bertz CT molecular complexity index is 1740. The fourth-order valence-electron chi connectivity index (χ4n) is 4.09. The minimum Gasteiger partial charge on any atom is -0.479 e. The molecule has 0 radical (unpaired) electrons. The minimum atomic E-state index is -4.21. The predicted molar refractivity (Wildman–Crippen MR) is 144 cm³/mol. The van der Waals surface area contributed by atoms with Gasteiger partial charge in [-0.2, -0.15) is 15.1 Å². The number of halogens is 1. The van der Waals surface area contributed by atoms with Gasteiger partial charge >= 0.3 is 0 Å². The molecule has 0 unspecified atom stereocenters. The van der Waals surface area contributed by atoms with Gasteiger partial charge in [-0.25, -0.2) is 18.4 Å². The Kier molecular flexibility index (Phi) is 7.46. The van der Waals surface area contributed by atoms with Crippen LogP contribution in [0.2, 0.25) is 5.02 Å². The van der Waals surface area contributed by atoms with Crippen molar-refractivity contribution in [2.24, 2.45) is 0 Å². The van der Waals surface area contributed by atoms with Crippen LogP contribution in [0.1, 0.15) is 18.9 Å². The van der Waals surface area contributed by atoms with Gasteiger partial charge in [0.2, 0.25) is 27.7 Å². The lowest BCUT2D eigenvalue weighted by Crippen LogP contribution is -2.33. The third kappa shape index (κ3) is 4.87. The number of methoxy groups -OCH3 is 3. The van der Waals surface area contributed by atoms with E-state index in [0.717, 1.165) is 5.39 Å². The summed E-state index contributed by atoms with van der Waals surface area (Å²) >= 11 is 5.89. The summed E-state index contributed by atoms with van der Waals surface area (Å²) < 4.78 is 47.7. The van der Waals surface area contributed by atoms with Gasteiger partial charge in [0.05, 0.1) is 31.0 Å². The van der Waals surface area contributed by atoms with E-state index in [4.69, 9.17) is 25.8 Å². The van der Waals surface area contributed by atoms with E-state index in [2.05, 4.69) is 45.1 Å². The van der Waals surface area contributed by atoms with Crippen LogP contribution in [-0.4, -0.2) is 79.9 Å². The van der Waals surface area contributed by atoms with Gasteiger partial charge < -0.3 is 14.2 Å². The van der Waals surface area contributed by atoms with Gasteiger partial charge in [-0.05, 0) is 13.0 Å². The van der Waals surface area contributed by atoms with Crippen molar-refractivity contribution in [2.75, 3.05) is 26.1 Å². The van der Waals surface area contributed by atoms with Crippen LogP contribution in [0.3, 0.4) is 0 Å². The summed E-state index contributed by atoms with van der Waals surface area (Å²) in [6.07, 6.45) is 4.59. The van der Waals surface area contributed by atoms with E-state index in [9.17, 15) is 8.42 Å². The van der Waals surface area contributed by atoms with Crippen LogP contribution in [0.15, 0.2) is 43.1 Å². The maximum absolute atomic E-state index is 13.7. The van der Waals surface area contributed by atoms with Crippen molar-refractivity contribution >= 4 is 38.5 Å². The maximum atomic E-state index is 13.7. The molecule has 4 aromatic heterocycles. The number of ether oxygens (including phenoxy) is 3. The molecule has 40 heavy (non-hydrogen) atoms. The highest BCUT2D eigenvalue weighted by Crippen LogP contribution is 2.37. The first-order valence-corrected chi connectivity index (χ1v) is 13.5. The molecular weight excluding hydrogens is 564 g/mol. The van der Waals surface area contributed by atoms with Crippen molar-refractivity contribution in [3.63, 3.8) is 0 Å². The third-order valence-corrected chi connectivity index (χ3v) is 7.93. The number of nitrogens with one attached hydrogen (secondary N) is 2. The first-order valence-electron chi connectivity index (χ1n) is 11.6. The number of para-hydroxylation sites is 1. The number of anilines is 1. The van der Waals surface area contributed by atoms with Crippen LogP contribution in [0.25, 0.3) is 28.0 Å². The molecule has 0 aliphatic rings. The monoisotopic (exact) mass is 586 g/mol. The van der Waals surface area contributed by atoms with Crippen molar-refractivity contribution in [3.05, 3.63) is 54.0 Å². The Morgan fingerprint density at radius 2 is 1.70 bits per heavy atom. The van der Waals surface area contributed by atoms with E-state index in [1.807, 2.05) is 12.1 Å². The number of aromatic amines is 1. The lowest BCUT2D eigenvalue weighted by Gasteiger charge is -2.22. The van der Waals surface area contributed by atoms with Crippen LogP contribution in [0.5, 0.6) is 11.8 Å². The molecule has 0 saturated heterocycles. The van der Waals surface area contributed by atoms with Gasteiger partial charge in [-0.1, -0.05) is 23.7 Å². The molecule has 0 aliphatic carbocycles. The van der Waals surface area contributed by atoms with Crippen LogP contribution < -0.4 is 14.2 Å². The van der Waals surface area contributed by atoms with Crippen LogP contribution in [-0.2, 0) is 14.8 Å². The number of nitrogens with zero attached hydrogens (tertiary/aromatic N) is 8. The predicted octanol–water partition coefficient (Wildman–Crippen LogP) is 2.58. The smallest absolute Gasteiger partial charge is 0.245 e. The zero-order valence-corrected chi connectivity index (χ0v) is 23.2. The van der Waals surface area contributed by atoms with E-state index in [1.165, 1.54) is 51.5 Å². The second-order valence-electron chi connectivity index (χ2n) is 8.33. The first-order chi connectivity index (χ1) is 19.3. The summed E-state index contributed by atoms with van der Waals surface area (Å²) in [6, 6.07) is 5.46. The standard InChI is InChI=1S/C23H23ClN10O5S/c1-12(18(37-2)19-25-9-14(24)10-26-19)40(35,36)33-23-32-31-20(15-7-5-6-13-8-29-30-16(13)15)34(23)17-21(38-3)27-11-28-22(17)39-4/h5-12,18H,1-4H3,(H,29,30)(H,32,33)/t12-,18-/m0/s1. The summed E-state index contributed by atoms with van der Waals surface area (Å²) in [4.78, 5) is 16.6. The molecule has 0 saturated carbocycles. The largest absolute Gasteiger partial charge is 0.479 e. The van der Waals surface area contributed by atoms with E-state index in [-0.39, 0.29) is 35.0 Å². The van der Waals surface area contributed by atoms with Crippen molar-refractivity contribution in [2.45, 2.75) is 18.3 Å². The summed E-state index contributed by atoms with van der Waals surface area (Å²) in [5.41, 5.74) is 1.38. The Morgan fingerprint density at radius 1 is 1.00 bits per heavy atom. The van der Waals surface area contributed by atoms with Crippen LogP contribution >= 0.6 is 11.6 Å². The summed E-state index contributed by atoms with van der Waals surface area (Å²) in [5, 5.41) is 15.5. The van der Waals surface area contributed by atoms with Crippen molar-refractivity contribution < 1.29 is 22.6 Å². The van der Waals surface area contributed by atoms with E-state index in [0.29, 0.717) is 16.1 Å². The average molecular weight is 587 g/mol. The van der Waals surface area contributed by atoms with E-state index >= 15 is 0 Å². The normalized spacial score (nSPS) is 13.2. The Balaban J connectivity index is 1.66. The molecule has 1 aromatic carbocycles. The lowest BCUT2D eigenvalue weighted by atomic mass is 10.1. The number of aromatic nitrogens is 9. The molecular formula is C23H23ClN10O5S. The van der Waals surface area contributed by atoms with Gasteiger partial charge in [0.25, 0.3) is 0 Å². The van der Waals surface area contributed by atoms with Crippen molar-refractivity contribution in [1.82, 2.24) is 44.9 Å². The molecule has 17 heteroatoms. The second kappa shape index (κ2) is 11.0. The van der Waals surface area contributed by atoms with Gasteiger partial charge in [0, 0.05) is 30.5 Å². The number of sulfonamides is 1. The SMILES string of the molecule is COc1ncnc(OC)c1-n1c(NS(=O)(=O)[C@@H](C)[C@H](OC)c2ncc(Cl)cn2)nnc1-c1cccc2cn[nH]c12. The quantitative estimate of drug-likeness (QED) is 0.244. The molecule has 0 bridgehead atoms. The molecule has 5 rings (SSSR count). The van der Waals surface area contributed by atoms with Gasteiger partial charge in [0.15, 0.2) is 17.3 Å². The lowest BCUT2D eigenvalue weighted by molar-refractivity contribution is 0.0950. The second-order valence-corrected chi connectivity index (χ2v) is 10.8. The van der Waals surface area contributed by atoms with E-state index in [1.54, 1.807) is 12.3 Å². The molecule has 0 aliphatic heterocycles. The Hall–Kier alpha value is -4.41. The Labute approximate surface area is 233 Å². The molecule has 4 heterocycles. The average Bonchev–Trinajstić information content (AvgIpc) is 3.60. The maximum Gasteiger partial charge on any atom is 0.245 e. The van der Waals surface area contributed by atoms with Crippen LogP contribution in [0, 0.1) is 0 Å². The number of H-pyrrole nitrogens is 1. The summed E-state index contributed by atoms with van der Waals surface area (Å²) in [6.45, 7) is 1.45. The zero-order valence-electron chi connectivity index (χ0n) is 21.6. The number of benzene rings is 1. The fraction of sp³-hybridized carbons (Fsp3) is 0.261. The Morgan fingerprint density at radius 3 is 2.35 bits per heavy atom. The molecule has 0 spiro atoms. The third-order valence-electron chi connectivity index (χ3n) is 6.04. The highest BCUT2D eigenvalue weighted by atomic mass is 35.5. The first kappa shape index (κ1) is 27.2. The number of fused-ring (bicyclic) bond motifs is 1. The molecule has 5 aromatic rings. The highest BCUT2D eigenvalue weighted by molar-refractivity contribution is 7.93. The number of hydrogen-bond acceptors (Lipinski definition) is 12. The summed E-state index contributed by atoms with van der Waals surface area (Å²) in [7, 11) is -0.0308. The number of hydrogen-bond donors (Lipinski definition) is 2. The topological polar surface area (TPSA) is 185 Å². The van der Waals surface area contributed by atoms with Crippen molar-refractivity contribution in [1.29, 1.82) is 0 Å². The number of rotatable bonds is 10.